The van der Waals surface area contributed by atoms with Crippen LogP contribution in [0, 0.1) is 19.3 Å². The van der Waals surface area contributed by atoms with Gasteiger partial charge >= 0.3 is 0 Å². The third kappa shape index (κ3) is 4.46. The molecular formula is C22H20N4O2. The number of aryl methyl sites for hydroxylation is 1. The molecule has 0 unspecified atom stereocenters. The fraction of sp³-hybridized carbons (Fsp3) is 0.136. The summed E-state index contributed by atoms with van der Waals surface area (Å²) in [5, 5.41) is 9.76. The largest absolute Gasteiger partial charge is 0.344 e. The van der Waals surface area contributed by atoms with Crippen LogP contribution < -0.4 is 10.6 Å². The monoisotopic (exact) mass is 372 g/mol. The molecule has 6 nitrogen and oxygen atoms in total. The molecular weight excluding hydrogens is 352 g/mol. The summed E-state index contributed by atoms with van der Waals surface area (Å²) in [4.78, 5) is 24.5. The lowest BCUT2D eigenvalue weighted by Gasteiger charge is -2.06. The van der Waals surface area contributed by atoms with E-state index in [0.717, 1.165) is 16.8 Å². The summed E-state index contributed by atoms with van der Waals surface area (Å²) in [5.41, 5.74) is 3.67. The summed E-state index contributed by atoms with van der Waals surface area (Å²) in [6, 6.07) is 17.3. The van der Waals surface area contributed by atoms with Gasteiger partial charge in [0.25, 0.3) is 5.91 Å². The van der Waals surface area contributed by atoms with Crippen LogP contribution in [-0.4, -0.2) is 34.7 Å². The molecule has 0 saturated carbocycles. The number of hydrogen-bond acceptors (Lipinski definition) is 3. The molecule has 2 aromatic carbocycles. The third-order valence-corrected chi connectivity index (χ3v) is 4.07. The smallest absolute Gasteiger partial charge is 0.255 e. The standard InChI is InChI=1S/C22H20N4O2/c1-3-12-23-20(27)14-24-22(28)19-15-26(18-10-5-4-6-11-18)25-21(19)17-9-7-8-16(2)13-17/h1,4-11,13,15H,12,14H2,2H3,(H,23,27)(H,24,28). The number of nitrogens with one attached hydrogen (secondary N) is 2. The second kappa shape index (κ2) is 8.69. The Balaban J connectivity index is 1.92. The van der Waals surface area contributed by atoms with Crippen LogP contribution >= 0.6 is 0 Å². The number of benzene rings is 2. The van der Waals surface area contributed by atoms with Gasteiger partial charge in [-0.05, 0) is 25.1 Å². The van der Waals surface area contributed by atoms with E-state index in [0.29, 0.717) is 11.3 Å². The Kier molecular flexibility index (Phi) is 5.87. The Morgan fingerprint density at radius 1 is 1.11 bits per heavy atom. The van der Waals surface area contributed by atoms with Gasteiger partial charge in [-0.15, -0.1) is 6.42 Å². The molecule has 0 aliphatic heterocycles. The van der Waals surface area contributed by atoms with Gasteiger partial charge in [-0.25, -0.2) is 4.68 Å². The van der Waals surface area contributed by atoms with Crippen molar-refractivity contribution in [3.05, 3.63) is 71.9 Å². The molecule has 2 N–H and O–H groups in total. The molecule has 1 heterocycles. The van der Waals surface area contributed by atoms with Crippen LogP contribution in [0.3, 0.4) is 0 Å². The normalized spacial score (nSPS) is 10.1. The number of carbonyl (C=O) groups excluding carboxylic acids is 2. The maximum absolute atomic E-state index is 12.8. The zero-order valence-electron chi connectivity index (χ0n) is 15.5. The number of amides is 2. The lowest BCUT2D eigenvalue weighted by molar-refractivity contribution is -0.119. The van der Waals surface area contributed by atoms with Crippen molar-refractivity contribution < 1.29 is 9.59 Å². The highest BCUT2D eigenvalue weighted by Gasteiger charge is 2.19. The van der Waals surface area contributed by atoms with Crippen LogP contribution in [0.5, 0.6) is 0 Å². The first-order valence-corrected chi connectivity index (χ1v) is 8.79. The van der Waals surface area contributed by atoms with E-state index in [9.17, 15) is 9.59 Å². The molecule has 0 radical (unpaired) electrons. The van der Waals surface area contributed by atoms with Crippen LogP contribution in [0.1, 0.15) is 15.9 Å². The molecule has 0 fully saturated rings. The van der Waals surface area contributed by atoms with Gasteiger partial charge in [-0.2, -0.15) is 5.10 Å². The SMILES string of the molecule is C#CCNC(=O)CNC(=O)c1cn(-c2ccccc2)nc1-c1cccc(C)c1. The highest BCUT2D eigenvalue weighted by molar-refractivity contribution is 6.01. The van der Waals surface area contributed by atoms with Gasteiger partial charge in [-0.1, -0.05) is 47.9 Å². The van der Waals surface area contributed by atoms with Gasteiger partial charge in [0.2, 0.25) is 5.91 Å². The van der Waals surface area contributed by atoms with E-state index in [-0.39, 0.29) is 24.9 Å². The Bertz CT molecular complexity index is 1030. The van der Waals surface area contributed by atoms with E-state index in [1.54, 1.807) is 10.9 Å². The van der Waals surface area contributed by atoms with E-state index < -0.39 is 0 Å². The number of rotatable bonds is 6. The molecule has 0 aliphatic rings. The molecule has 0 spiro atoms. The van der Waals surface area contributed by atoms with Crippen molar-refractivity contribution in [3.8, 4) is 29.3 Å². The summed E-state index contributed by atoms with van der Waals surface area (Å²) < 4.78 is 1.66. The lowest BCUT2D eigenvalue weighted by atomic mass is 10.1. The van der Waals surface area contributed by atoms with Crippen LogP contribution in [0.25, 0.3) is 16.9 Å². The Hall–Kier alpha value is -3.85. The molecule has 28 heavy (non-hydrogen) atoms. The first-order chi connectivity index (χ1) is 13.6. The van der Waals surface area contributed by atoms with Crippen LogP contribution in [0.15, 0.2) is 60.8 Å². The summed E-state index contributed by atoms with van der Waals surface area (Å²) in [6.45, 7) is 1.94. The molecule has 3 rings (SSSR count). The van der Waals surface area contributed by atoms with E-state index >= 15 is 0 Å². The van der Waals surface area contributed by atoms with Crippen molar-refractivity contribution in [2.45, 2.75) is 6.92 Å². The summed E-state index contributed by atoms with van der Waals surface area (Å²) >= 11 is 0. The van der Waals surface area contributed by atoms with E-state index in [1.807, 2.05) is 61.5 Å². The van der Waals surface area contributed by atoms with Gasteiger partial charge in [-0.3, -0.25) is 9.59 Å². The van der Waals surface area contributed by atoms with Crippen molar-refractivity contribution >= 4 is 11.8 Å². The molecule has 0 atom stereocenters. The van der Waals surface area contributed by atoms with Gasteiger partial charge in [0.15, 0.2) is 0 Å². The average Bonchev–Trinajstić information content (AvgIpc) is 3.17. The number of hydrogen-bond donors (Lipinski definition) is 2. The average molecular weight is 372 g/mol. The van der Waals surface area contributed by atoms with Gasteiger partial charge in [0.05, 0.1) is 24.3 Å². The summed E-state index contributed by atoms with van der Waals surface area (Å²) in [6.07, 6.45) is 6.78. The summed E-state index contributed by atoms with van der Waals surface area (Å²) in [7, 11) is 0. The Labute approximate surface area is 163 Å². The fourth-order valence-corrected chi connectivity index (χ4v) is 2.73. The van der Waals surface area contributed by atoms with Crippen molar-refractivity contribution in [1.29, 1.82) is 0 Å². The minimum absolute atomic E-state index is 0.120. The van der Waals surface area contributed by atoms with Crippen LogP contribution in [0.2, 0.25) is 0 Å². The summed E-state index contributed by atoms with van der Waals surface area (Å²) in [5.74, 6) is 1.59. The predicted octanol–water partition coefficient (Wildman–Crippen LogP) is 2.33. The van der Waals surface area contributed by atoms with Gasteiger partial charge < -0.3 is 10.6 Å². The van der Waals surface area contributed by atoms with Crippen LogP contribution in [-0.2, 0) is 4.79 Å². The van der Waals surface area contributed by atoms with Crippen LogP contribution in [0.4, 0.5) is 0 Å². The van der Waals surface area contributed by atoms with Crippen molar-refractivity contribution in [1.82, 2.24) is 20.4 Å². The number of carbonyl (C=O) groups is 2. The van der Waals surface area contributed by atoms with E-state index in [1.165, 1.54) is 0 Å². The lowest BCUT2D eigenvalue weighted by Crippen LogP contribution is -2.37. The fourth-order valence-electron chi connectivity index (χ4n) is 2.73. The highest BCUT2D eigenvalue weighted by atomic mass is 16.2. The molecule has 0 bridgehead atoms. The quantitative estimate of drug-likeness (QED) is 0.652. The van der Waals surface area contributed by atoms with E-state index in [4.69, 9.17) is 6.42 Å². The molecule has 0 aliphatic carbocycles. The minimum atomic E-state index is -0.380. The van der Waals surface area contributed by atoms with E-state index in [2.05, 4.69) is 21.7 Å². The number of para-hydroxylation sites is 1. The van der Waals surface area contributed by atoms with Gasteiger partial charge in [0, 0.05) is 11.8 Å². The Morgan fingerprint density at radius 2 is 1.89 bits per heavy atom. The number of aromatic nitrogens is 2. The van der Waals surface area contributed by atoms with Crippen molar-refractivity contribution in [2.75, 3.05) is 13.1 Å². The first kappa shape index (κ1) is 18.9. The molecule has 0 saturated heterocycles. The highest BCUT2D eigenvalue weighted by Crippen LogP contribution is 2.24. The molecule has 6 heteroatoms. The molecule has 2 amide bonds. The zero-order chi connectivity index (χ0) is 19.9. The number of terminal acetylenes is 1. The minimum Gasteiger partial charge on any atom is -0.344 e. The predicted molar refractivity (Wildman–Crippen MR) is 108 cm³/mol. The molecule has 140 valence electrons. The molecule has 3 aromatic rings. The van der Waals surface area contributed by atoms with Crippen molar-refractivity contribution in [2.24, 2.45) is 0 Å². The molecule has 1 aromatic heterocycles. The second-order valence-corrected chi connectivity index (χ2v) is 6.20. The Morgan fingerprint density at radius 3 is 2.61 bits per heavy atom. The van der Waals surface area contributed by atoms with Gasteiger partial charge in [0.1, 0.15) is 5.69 Å². The first-order valence-electron chi connectivity index (χ1n) is 8.79. The van der Waals surface area contributed by atoms with Crippen molar-refractivity contribution in [3.63, 3.8) is 0 Å². The number of nitrogens with zero attached hydrogens (tertiary/aromatic N) is 2. The maximum atomic E-state index is 12.8. The second-order valence-electron chi connectivity index (χ2n) is 6.20. The third-order valence-electron chi connectivity index (χ3n) is 4.07. The topological polar surface area (TPSA) is 76.0 Å². The maximum Gasteiger partial charge on any atom is 0.255 e. The zero-order valence-corrected chi connectivity index (χ0v) is 15.5.